The molecular weight excluding hydrogens is 215 g/mol. The number of rotatable bonds is 2. The number of alkyl halides is 1. The molecule has 0 radical (unpaired) electrons. The zero-order valence-electron chi connectivity index (χ0n) is 6.72. The molecule has 68 valence electrons. The molecule has 0 amide bonds. The Balaban J connectivity index is 2.66. The summed E-state index contributed by atoms with van der Waals surface area (Å²) < 4.78 is 10.9. The fourth-order valence-electron chi connectivity index (χ4n) is 1.05. The van der Waals surface area contributed by atoms with Gasteiger partial charge in [-0.05, 0) is 6.42 Å². The minimum Gasteiger partial charge on any atom is -0.616 e. The van der Waals surface area contributed by atoms with Crippen LogP contribution in [0.3, 0.4) is 0 Å². The normalized spacial score (nSPS) is 26.2. The molecule has 2 unspecified atom stereocenters. The third kappa shape index (κ3) is 3.02. The maximum atomic E-state index is 10.9. The Morgan fingerprint density at radius 2 is 2.42 bits per heavy atom. The highest BCUT2D eigenvalue weighted by Crippen LogP contribution is 2.25. The van der Waals surface area contributed by atoms with Crippen molar-refractivity contribution in [3.05, 3.63) is 22.8 Å². The van der Waals surface area contributed by atoms with Gasteiger partial charge in [-0.15, -0.1) is 11.6 Å². The molecule has 0 spiro atoms. The van der Waals surface area contributed by atoms with Gasteiger partial charge in [0.1, 0.15) is 5.75 Å². The lowest BCUT2D eigenvalue weighted by Crippen LogP contribution is -2.10. The quantitative estimate of drug-likeness (QED) is 0.522. The van der Waals surface area contributed by atoms with E-state index in [4.69, 9.17) is 23.2 Å². The standard InChI is InChI=1S/C8H10Cl2OS/c1-12(11)5-6-4-7(9)2-3-8(6)10/h3-4,7H,2,5H2,1H3. The SMILES string of the molecule is C[S+]([O-])CC1=CC(Cl)CC=C1Cl. The minimum absolute atomic E-state index is 0.00560. The van der Waals surface area contributed by atoms with Crippen LogP contribution in [0.15, 0.2) is 22.8 Å². The molecule has 1 aliphatic carbocycles. The number of halogens is 2. The predicted octanol–water partition coefficient (Wildman–Crippen LogP) is 2.43. The molecule has 0 aliphatic heterocycles. The first-order valence-electron chi connectivity index (χ1n) is 3.60. The summed E-state index contributed by atoms with van der Waals surface area (Å²) in [5.41, 5.74) is 0.906. The van der Waals surface area contributed by atoms with Gasteiger partial charge in [0.05, 0.1) is 11.6 Å². The predicted molar refractivity (Wildman–Crippen MR) is 55.2 cm³/mol. The van der Waals surface area contributed by atoms with Crippen molar-refractivity contribution >= 4 is 34.4 Å². The van der Waals surface area contributed by atoms with E-state index in [0.29, 0.717) is 10.8 Å². The van der Waals surface area contributed by atoms with E-state index >= 15 is 0 Å². The molecular formula is C8H10Cl2OS. The Hall–Kier alpha value is 0.370. The summed E-state index contributed by atoms with van der Waals surface area (Å²) in [7, 11) is 0. The number of hydrogen-bond acceptors (Lipinski definition) is 1. The van der Waals surface area contributed by atoms with Gasteiger partial charge in [-0.2, -0.15) is 0 Å². The minimum atomic E-state index is -0.851. The van der Waals surface area contributed by atoms with Gasteiger partial charge in [-0.25, -0.2) is 0 Å². The Labute approximate surface area is 85.6 Å². The van der Waals surface area contributed by atoms with Crippen LogP contribution < -0.4 is 0 Å². The monoisotopic (exact) mass is 224 g/mol. The molecule has 1 rings (SSSR count). The Morgan fingerprint density at radius 3 is 3.00 bits per heavy atom. The van der Waals surface area contributed by atoms with Crippen molar-refractivity contribution in [2.24, 2.45) is 0 Å². The number of hydrogen-bond donors (Lipinski definition) is 0. The molecule has 0 bridgehead atoms. The van der Waals surface area contributed by atoms with Crippen molar-refractivity contribution < 1.29 is 4.55 Å². The van der Waals surface area contributed by atoms with Gasteiger partial charge in [0.15, 0.2) is 0 Å². The Kier molecular flexibility index (Phi) is 3.97. The molecule has 0 heterocycles. The summed E-state index contributed by atoms with van der Waals surface area (Å²) in [6.45, 7) is 0. The van der Waals surface area contributed by atoms with Crippen molar-refractivity contribution in [2.45, 2.75) is 11.8 Å². The van der Waals surface area contributed by atoms with E-state index in [1.807, 2.05) is 12.2 Å². The molecule has 0 aromatic rings. The Bertz CT molecular complexity index is 223. The topological polar surface area (TPSA) is 23.1 Å². The van der Waals surface area contributed by atoms with Crippen molar-refractivity contribution in [3.63, 3.8) is 0 Å². The first kappa shape index (κ1) is 10.5. The lowest BCUT2D eigenvalue weighted by Gasteiger charge is -2.14. The molecule has 0 aromatic heterocycles. The highest BCUT2D eigenvalue weighted by molar-refractivity contribution is 7.90. The molecule has 0 fully saturated rings. The summed E-state index contributed by atoms with van der Waals surface area (Å²) in [5, 5.41) is 0.702. The fraction of sp³-hybridized carbons (Fsp3) is 0.500. The zero-order chi connectivity index (χ0) is 9.14. The van der Waals surface area contributed by atoms with Crippen LogP contribution in [-0.2, 0) is 11.2 Å². The zero-order valence-corrected chi connectivity index (χ0v) is 9.05. The summed E-state index contributed by atoms with van der Waals surface area (Å²) >= 11 is 10.9. The van der Waals surface area contributed by atoms with Crippen molar-refractivity contribution in [1.82, 2.24) is 0 Å². The van der Waals surface area contributed by atoms with E-state index in [-0.39, 0.29) is 5.38 Å². The van der Waals surface area contributed by atoms with Gasteiger partial charge < -0.3 is 4.55 Å². The summed E-state index contributed by atoms with van der Waals surface area (Å²) in [4.78, 5) is 0. The average molecular weight is 225 g/mol. The molecule has 12 heavy (non-hydrogen) atoms. The lowest BCUT2D eigenvalue weighted by atomic mass is 10.1. The second-order valence-corrected chi connectivity index (χ2v) is 5.12. The van der Waals surface area contributed by atoms with E-state index in [2.05, 4.69) is 0 Å². The summed E-state index contributed by atoms with van der Waals surface area (Å²) in [6, 6.07) is 0. The maximum absolute atomic E-state index is 10.9. The third-order valence-corrected chi connectivity index (χ3v) is 2.99. The first-order valence-corrected chi connectivity index (χ1v) is 6.14. The van der Waals surface area contributed by atoms with Crippen LogP contribution in [0.4, 0.5) is 0 Å². The second-order valence-electron chi connectivity index (χ2n) is 2.71. The molecule has 0 aromatic carbocycles. The van der Waals surface area contributed by atoms with Crippen LogP contribution in [0.1, 0.15) is 6.42 Å². The molecule has 0 N–H and O–H groups in total. The van der Waals surface area contributed by atoms with Gasteiger partial charge >= 0.3 is 0 Å². The van der Waals surface area contributed by atoms with E-state index in [1.54, 1.807) is 6.26 Å². The van der Waals surface area contributed by atoms with Gasteiger partial charge in [-0.1, -0.05) is 34.9 Å². The largest absolute Gasteiger partial charge is 0.616 e. The van der Waals surface area contributed by atoms with Crippen LogP contribution in [0, 0.1) is 0 Å². The number of allylic oxidation sites excluding steroid dienone is 3. The molecule has 2 atom stereocenters. The average Bonchev–Trinajstić information content (AvgIpc) is 1.96. The highest BCUT2D eigenvalue weighted by atomic mass is 35.5. The first-order chi connectivity index (χ1) is 5.59. The van der Waals surface area contributed by atoms with E-state index in [9.17, 15) is 4.55 Å². The van der Waals surface area contributed by atoms with Crippen molar-refractivity contribution in [1.29, 1.82) is 0 Å². The fourth-order valence-corrected chi connectivity index (χ4v) is 2.28. The van der Waals surface area contributed by atoms with Crippen LogP contribution in [0.25, 0.3) is 0 Å². The van der Waals surface area contributed by atoms with Crippen LogP contribution in [-0.4, -0.2) is 21.9 Å². The smallest absolute Gasteiger partial charge is 0.131 e. The molecule has 0 saturated carbocycles. The van der Waals surface area contributed by atoms with Crippen LogP contribution in [0.5, 0.6) is 0 Å². The van der Waals surface area contributed by atoms with Crippen molar-refractivity contribution in [3.8, 4) is 0 Å². The second kappa shape index (κ2) is 4.56. The molecule has 0 saturated heterocycles. The van der Waals surface area contributed by atoms with Crippen molar-refractivity contribution in [2.75, 3.05) is 12.0 Å². The van der Waals surface area contributed by atoms with E-state index in [1.165, 1.54) is 0 Å². The van der Waals surface area contributed by atoms with E-state index in [0.717, 1.165) is 12.0 Å². The van der Waals surface area contributed by atoms with Gasteiger partial charge in [0, 0.05) is 10.6 Å². The van der Waals surface area contributed by atoms with Gasteiger partial charge in [0.2, 0.25) is 0 Å². The van der Waals surface area contributed by atoms with Crippen LogP contribution >= 0.6 is 23.2 Å². The molecule has 1 nitrogen and oxygen atoms in total. The lowest BCUT2D eigenvalue weighted by molar-refractivity contribution is 0.603. The summed E-state index contributed by atoms with van der Waals surface area (Å²) in [5.74, 6) is 0.499. The van der Waals surface area contributed by atoms with Gasteiger partial charge in [-0.3, -0.25) is 0 Å². The van der Waals surface area contributed by atoms with Gasteiger partial charge in [0.25, 0.3) is 0 Å². The van der Waals surface area contributed by atoms with Crippen LogP contribution in [0.2, 0.25) is 0 Å². The molecule has 4 heteroatoms. The third-order valence-electron chi connectivity index (χ3n) is 1.57. The Morgan fingerprint density at radius 1 is 1.75 bits per heavy atom. The highest BCUT2D eigenvalue weighted by Gasteiger charge is 2.15. The molecule has 1 aliphatic rings. The maximum Gasteiger partial charge on any atom is 0.131 e. The van der Waals surface area contributed by atoms with E-state index < -0.39 is 11.2 Å². The summed E-state index contributed by atoms with van der Waals surface area (Å²) in [6.07, 6.45) is 6.18.